The maximum Gasteiger partial charge on any atom is 0.242 e. The molecule has 1 aliphatic rings. The second-order valence-corrected chi connectivity index (χ2v) is 5.58. The lowest BCUT2D eigenvalue weighted by atomic mass is 10.3. The van der Waals surface area contributed by atoms with Crippen molar-refractivity contribution in [1.82, 2.24) is 4.72 Å². The van der Waals surface area contributed by atoms with Gasteiger partial charge in [-0.3, -0.25) is 9.90 Å². The molecule has 0 aliphatic carbocycles. The van der Waals surface area contributed by atoms with Crippen LogP contribution in [0, 0.1) is 0 Å². The largest absolute Gasteiger partial charge is 0.399 e. The Balaban J connectivity index is 2.51. The number of sulfonamides is 1. The van der Waals surface area contributed by atoms with Crippen LogP contribution in [0.2, 0.25) is 0 Å². The van der Waals surface area contributed by atoms with Crippen LogP contribution in [0.3, 0.4) is 0 Å². The summed E-state index contributed by atoms with van der Waals surface area (Å²) in [4.78, 5) is 5.50. The lowest BCUT2D eigenvalue weighted by Crippen LogP contribution is -2.24. The quantitative estimate of drug-likeness (QED) is 0.762. The summed E-state index contributed by atoms with van der Waals surface area (Å²) >= 11 is 0. The van der Waals surface area contributed by atoms with Crippen LogP contribution in [0.25, 0.3) is 0 Å². The maximum atomic E-state index is 11.9. The van der Waals surface area contributed by atoms with Crippen molar-refractivity contribution < 1.29 is 13.3 Å². The van der Waals surface area contributed by atoms with Gasteiger partial charge >= 0.3 is 0 Å². The molecular formula is C10H15N3O3S. The van der Waals surface area contributed by atoms with E-state index in [1.54, 1.807) is 17.2 Å². The van der Waals surface area contributed by atoms with Gasteiger partial charge in [0, 0.05) is 12.2 Å². The highest BCUT2D eigenvalue weighted by Crippen LogP contribution is 2.29. The number of anilines is 2. The summed E-state index contributed by atoms with van der Waals surface area (Å²) in [5.41, 5.74) is 6.55. The molecule has 17 heavy (non-hydrogen) atoms. The van der Waals surface area contributed by atoms with E-state index in [9.17, 15) is 8.42 Å². The van der Waals surface area contributed by atoms with Crippen LogP contribution in [-0.4, -0.2) is 28.6 Å². The topological polar surface area (TPSA) is 84.7 Å². The first-order valence-corrected chi connectivity index (χ1v) is 6.76. The number of hydrogen-bond donors (Lipinski definition) is 2. The molecule has 94 valence electrons. The van der Waals surface area contributed by atoms with E-state index in [-0.39, 0.29) is 4.90 Å². The zero-order valence-electron chi connectivity index (χ0n) is 9.51. The van der Waals surface area contributed by atoms with E-state index in [1.807, 2.05) is 0 Å². The third-order valence-electron chi connectivity index (χ3n) is 2.56. The van der Waals surface area contributed by atoms with Crippen molar-refractivity contribution in [2.45, 2.75) is 11.3 Å². The van der Waals surface area contributed by atoms with Crippen LogP contribution in [0.1, 0.15) is 6.42 Å². The smallest absolute Gasteiger partial charge is 0.242 e. The van der Waals surface area contributed by atoms with Crippen LogP contribution in [-0.2, 0) is 14.9 Å². The Morgan fingerprint density at radius 1 is 1.47 bits per heavy atom. The summed E-state index contributed by atoms with van der Waals surface area (Å²) in [5.74, 6) is 0. The fourth-order valence-electron chi connectivity index (χ4n) is 1.70. The molecule has 0 unspecified atom stereocenters. The molecule has 0 radical (unpaired) electrons. The number of hydroxylamine groups is 1. The van der Waals surface area contributed by atoms with Gasteiger partial charge < -0.3 is 5.73 Å². The van der Waals surface area contributed by atoms with Crippen LogP contribution in [0.15, 0.2) is 23.1 Å². The average molecular weight is 257 g/mol. The molecule has 3 N–H and O–H groups in total. The molecule has 0 saturated carbocycles. The van der Waals surface area contributed by atoms with Crippen molar-refractivity contribution in [1.29, 1.82) is 0 Å². The van der Waals surface area contributed by atoms with E-state index in [2.05, 4.69) is 4.72 Å². The monoisotopic (exact) mass is 257 g/mol. The molecule has 1 aliphatic heterocycles. The summed E-state index contributed by atoms with van der Waals surface area (Å²) in [5, 5.41) is 1.59. The molecular weight excluding hydrogens is 242 g/mol. The normalized spacial score (nSPS) is 16.4. The number of rotatable bonds is 3. The predicted octanol–water partition coefficient (Wildman–Crippen LogP) is 0.319. The molecule has 1 heterocycles. The van der Waals surface area contributed by atoms with Crippen LogP contribution in [0.5, 0.6) is 0 Å². The van der Waals surface area contributed by atoms with Crippen molar-refractivity contribution in [3.63, 3.8) is 0 Å². The number of nitrogen functional groups attached to an aromatic ring is 1. The second-order valence-electron chi connectivity index (χ2n) is 3.72. The van der Waals surface area contributed by atoms with Crippen LogP contribution >= 0.6 is 0 Å². The molecule has 7 heteroatoms. The minimum atomic E-state index is -3.54. The minimum Gasteiger partial charge on any atom is -0.399 e. The van der Waals surface area contributed by atoms with E-state index in [0.717, 1.165) is 6.42 Å². The predicted molar refractivity (Wildman–Crippen MR) is 65.0 cm³/mol. The van der Waals surface area contributed by atoms with Crippen LogP contribution in [0.4, 0.5) is 11.4 Å². The van der Waals surface area contributed by atoms with Crippen molar-refractivity contribution in [2.24, 2.45) is 0 Å². The zero-order chi connectivity index (χ0) is 12.5. The van der Waals surface area contributed by atoms with E-state index in [1.165, 1.54) is 13.1 Å². The lowest BCUT2D eigenvalue weighted by molar-refractivity contribution is 0.167. The molecule has 1 fully saturated rings. The summed E-state index contributed by atoms with van der Waals surface area (Å²) < 4.78 is 26.0. The SMILES string of the molecule is CNS(=O)(=O)c1cc(N)ccc1N1CCCO1. The second kappa shape index (κ2) is 4.52. The first-order valence-electron chi connectivity index (χ1n) is 5.28. The minimum absolute atomic E-state index is 0.141. The van der Waals surface area contributed by atoms with E-state index >= 15 is 0 Å². The summed E-state index contributed by atoms with van der Waals surface area (Å²) in [6, 6.07) is 4.75. The molecule has 0 amide bonds. The van der Waals surface area contributed by atoms with E-state index < -0.39 is 10.0 Å². The highest BCUT2D eigenvalue weighted by atomic mass is 32.2. The van der Waals surface area contributed by atoms with Gasteiger partial charge in [0.15, 0.2) is 0 Å². The van der Waals surface area contributed by atoms with Crippen molar-refractivity contribution in [3.05, 3.63) is 18.2 Å². The zero-order valence-corrected chi connectivity index (χ0v) is 10.3. The summed E-state index contributed by atoms with van der Waals surface area (Å²) in [7, 11) is -2.17. The van der Waals surface area contributed by atoms with Gasteiger partial charge in [-0.05, 0) is 31.7 Å². The Morgan fingerprint density at radius 3 is 2.82 bits per heavy atom. The van der Waals surface area contributed by atoms with Gasteiger partial charge in [0.25, 0.3) is 0 Å². The van der Waals surface area contributed by atoms with Crippen molar-refractivity contribution in [2.75, 3.05) is 31.0 Å². The van der Waals surface area contributed by atoms with Gasteiger partial charge in [0.2, 0.25) is 10.0 Å². The standard InChI is InChI=1S/C10H15N3O3S/c1-12-17(14,15)10-7-8(11)3-4-9(10)13-5-2-6-16-13/h3-4,7,12H,2,5-6,11H2,1H3. The molecule has 2 rings (SSSR count). The Bertz CT molecular complexity index is 510. The fourth-order valence-corrected chi connectivity index (χ4v) is 2.66. The number of nitrogens with one attached hydrogen (secondary N) is 1. The molecule has 0 aromatic heterocycles. The number of nitrogens with zero attached hydrogens (tertiary/aromatic N) is 1. The first kappa shape index (κ1) is 12.2. The molecule has 0 bridgehead atoms. The molecule has 0 atom stereocenters. The van der Waals surface area contributed by atoms with Gasteiger partial charge in [0.05, 0.1) is 12.3 Å². The average Bonchev–Trinajstić information content (AvgIpc) is 2.82. The molecule has 1 aromatic rings. The van der Waals surface area contributed by atoms with Gasteiger partial charge in [0.1, 0.15) is 4.90 Å². The molecule has 0 spiro atoms. The fraction of sp³-hybridized carbons (Fsp3) is 0.400. The van der Waals surface area contributed by atoms with Crippen molar-refractivity contribution in [3.8, 4) is 0 Å². The number of hydrogen-bond acceptors (Lipinski definition) is 5. The van der Waals surface area contributed by atoms with Gasteiger partial charge in [-0.2, -0.15) is 0 Å². The Hall–Kier alpha value is -1.31. The molecule has 1 aromatic carbocycles. The Morgan fingerprint density at radius 2 is 2.24 bits per heavy atom. The highest BCUT2D eigenvalue weighted by molar-refractivity contribution is 7.89. The molecule has 1 saturated heterocycles. The third-order valence-corrected chi connectivity index (χ3v) is 4.01. The summed E-state index contributed by atoms with van der Waals surface area (Å²) in [6.07, 6.45) is 0.878. The lowest BCUT2D eigenvalue weighted by Gasteiger charge is -2.19. The van der Waals surface area contributed by atoms with Gasteiger partial charge in [-0.25, -0.2) is 13.1 Å². The van der Waals surface area contributed by atoms with Gasteiger partial charge in [-0.1, -0.05) is 0 Å². The van der Waals surface area contributed by atoms with Crippen molar-refractivity contribution >= 4 is 21.4 Å². The van der Waals surface area contributed by atoms with Crippen LogP contribution < -0.4 is 15.5 Å². The third kappa shape index (κ3) is 2.36. The number of benzene rings is 1. The van der Waals surface area contributed by atoms with E-state index in [0.29, 0.717) is 24.5 Å². The highest BCUT2D eigenvalue weighted by Gasteiger charge is 2.23. The number of nitrogens with two attached hydrogens (primary N) is 1. The first-order chi connectivity index (χ1) is 8.04. The van der Waals surface area contributed by atoms with E-state index in [4.69, 9.17) is 10.6 Å². The Labute approximate surface area is 100 Å². The molecule has 6 nitrogen and oxygen atoms in total. The summed E-state index contributed by atoms with van der Waals surface area (Å²) in [6.45, 7) is 1.28. The van der Waals surface area contributed by atoms with Gasteiger partial charge in [-0.15, -0.1) is 0 Å². The maximum absolute atomic E-state index is 11.9. The Kier molecular flexibility index (Phi) is 3.23.